The molecule has 0 saturated carbocycles. The van der Waals surface area contributed by atoms with Crippen LogP contribution in [0.25, 0.3) is 0 Å². The van der Waals surface area contributed by atoms with Gasteiger partial charge in [-0.05, 0) is 12.8 Å². The van der Waals surface area contributed by atoms with Crippen molar-refractivity contribution in [3.05, 3.63) is 0 Å². The lowest BCUT2D eigenvalue weighted by molar-refractivity contribution is -0.123. The van der Waals surface area contributed by atoms with E-state index in [4.69, 9.17) is 0 Å². The monoisotopic (exact) mass is 736 g/mol. The van der Waals surface area contributed by atoms with Gasteiger partial charge in [0, 0.05) is 6.42 Å². The second-order valence-corrected chi connectivity index (χ2v) is 16.9. The molecule has 4 nitrogen and oxygen atoms in total. The largest absolute Gasteiger partial charge is 0.394 e. The highest BCUT2D eigenvalue weighted by molar-refractivity contribution is 5.76. The second kappa shape index (κ2) is 44.8. The summed E-state index contributed by atoms with van der Waals surface area (Å²) in [5, 5.41) is 23.0. The molecule has 2 unspecified atom stereocenters. The standard InChI is InChI=1S/C48H97NO3/c1-3-5-7-9-11-13-14-15-16-17-18-19-20-21-22-23-24-25-26-27-28-29-30-31-32-33-34-35-36-38-40-42-44-48(52)49-46(45-50)47(51)43-41-39-37-12-10-8-6-4-2/h46-47,50-51H,3-45H2,1-2H3,(H,49,52). The molecule has 0 aromatic heterocycles. The number of hydrogen-bond donors (Lipinski definition) is 3. The van der Waals surface area contributed by atoms with E-state index in [1.165, 1.54) is 231 Å². The third-order valence-electron chi connectivity index (χ3n) is 11.6. The lowest BCUT2D eigenvalue weighted by Gasteiger charge is -2.22. The van der Waals surface area contributed by atoms with Crippen LogP contribution in [-0.2, 0) is 4.79 Å². The number of amides is 1. The van der Waals surface area contributed by atoms with Gasteiger partial charge in [-0.15, -0.1) is 0 Å². The summed E-state index contributed by atoms with van der Waals surface area (Å²) in [6, 6.07) is -0.527. The van der Waals surface area contributed by atoms with Gasteiger partial charge in [-0.1, -0.05) is 264 Å². The van der Waals surface area contributed by atoms with E-state index < -0.39 is 12.1 Å². The zero-order valence-corrected chi connectivity index (χ0v) is 35.9. The maximum absolute atomic E-state index is 12.4. The summed E-state index contributed by atoms with van der Waals surface area (Å²) in [6.45, 7) is 4.35. The van der Waals surface area contributed by atoms with Gasteiger partial charge in [0.25, 0.3) is 0 Å². The Morgan fingerprint density at radius 3 is 0.865 bits per heavy atom. The van der Waals surface area contributed by atoms with E-state index >= 15 is 0 Å². The van der Waals surface area contributed by atoms with Crippen LogP contribution in [0.15, 0.2) is 0 Å². The Morgan fingerprint density at radius 1 is 0.385 bits per heavy atom. The van der Waals surface area contributed by atoms with Crippen LogP contribution in [0.3, 0.4) is 0 Å². The predicted molar refractivity (Wildman–Crippen MR) is 230 cm³/mol. The Kier molecular flexibility index (Phi) is 44.3. The highest BCUT2D eigenvalue weighted by Gasteiger charge is 2.20. The molecule has 0 rings (SSSR count). The van der Waals surface area contributed by atoms with Crippen molar-refractivity contribution in [3.8, 4) is 0 Å². The molecule has 1 amide bonds. The fourth-order valence-corrected chi connectivity index (χ4v) is 7.89. The van der Waals surface area contributed by atoms with Crippen molar-refractivity contribution in [2.24, 2.45) is 0 Å². The first-order valence-corrected chi connectivity index (χ1v) is 24.2. The topological polar surface area (TPSA) is 69.6 Å². The molecule has 0 radical (unpaired) electrons. The molecule has 0 aromatic carbocycles. The van der Waals surface area contributed by atoms with Crippen LogP contribution >= 0.6 is 0 Å². The van der Waals surface area contributed by atoms with Crippen LogP contribution < -0.4 is 5.32 Å². The minimum Gasteiger partial charge on any atom is -0.394 e. The minimum atomic E-state index is -0.651. The number of aliphatic hydroxyl groups excluding tert-OH is 2. The fraction of sp³-hybridized carbons (Fsp3) is 0.979. The Balaban J connectivity index is 3.31. The highest BCUT2D eigenvalue weighted by atomic mass is 16.3. The van der Waals surface area contributed by atoms with Gasteiger partial charge in [-0.25, -0.2) is 0 Å². The van der Waals surface area contributed by atoms with Crippen molar-refractivity contribution in [2.75, 3.05) is 6.61 Å². The lowest BCUT2D eigenvalue weighted by Crippen LogP contribution is -2.45. The molecule has 3 N–H and O–H groups in total. The lowest BCUT2D eigenvalue weighted by atomic mass is 10.0. The van der Waals surface area contributed by atoms with Crippen LogP contribution in [0.2, 0.25) is 0 Å². The number of carbonyl (C=O) groups excluding carboxylic acids is 1. The van der Waals surface area contributed by atoms with Gasteiger partial charge in [0.05, 0.1) is 18.8 Å². The number of nitrogens with one attached hydrogen (secondary N) is 1. The minimum absolute atomic E-state index is 0.0281. The van der Waals surface area contributed by atoms with Crippen molar-refractivity contribution < 1.29 is 15.0 Å². The summed E-state index contributed by atoms with van der Waals surface area (Å²) in [5.41, 5.74) is 0. The smallest absolute Gasteiger partial charge is 0.220 e. The first kappa shape index (κ1) is 51.4. The van der Waals surface area contributed by atoms with Crippen LogP contribution in [-0.4, -0.2) is 34.9 Å². The van der Waals surface area contributed by atoms with E-state index in [0.29, 0.717) is 12.8 Å². The van der Waals surface area contributed by atoms with Gasteiger partial charge >= 0.3 is 0 Å². The average molecular weight is 736 g/mol. The highest BCUT2D eigenvalue weighted by Crippen LogP contribution is 2.17. The Morgan fingerprint density at radius 2 is 0.615 bits per heavy atom. The first-order valence-electron chi connectivity index (χ1n) is 24.2. The van der Waals surface area contributed by atoms with Crippen molar-refractivity contribution in [2.45, 2.75) is 296 Å². The van der Waals surface area contributed by atoms with Gasteiger partial charge < -0.3 is 15.5 Å². The number of hydrogen-bond acceptors (Lipinski definition) is 3. The summed E-state index contributed by atoms with van der Waals surface area (Å²) in [7, 11) is 0. The van der Waals surface area contributed by atoms with Crippen molar-refractivity contribution in [3.63, 3.8) is 0 Å². The van der Waals surface area contributed by atoms with E-state index in [2.05, 4.69) is 19.2 Å². The SMILES string of the molecule is CCCCCCCCCCCCCCCCCCCCCCCCCCCCCCCCCCC(=O)NC(CO)C(O)CCCCCCCCCC. The van der Waals surface area contributed by atoms with E-state index in [0.717, 1.165) is 25.7 Å². The summed E-state index contributed by atoms with van der Waals surface area (Å²) in [5.74, 6) is -0.0281. The Bertz CT molecular complexity index is 670. The maximum Gasteiger partial charge on any atom is 0.220 e. The first-order chi connectivity index (χ1) is 25.7. The second-order valence-electron chi connectivity index (χ2n) is 16.9. The molecule has 52 heavy (non-hydrogen) atoms. The van der Waals surface area contributed by atoms with E-state index in [1.54, 1.807) is 0 Å². The van der Waals surface area contributed by atoms with Crippen LogP contribution in [0.4, 0.5) is 0 Å². The quantitative estimate of drug-likeness (QED) is 0.0545. The average Bonchev–Trinajstić information content (AvgIpc) is 3.15. The van der Waals surface area contributed by atoms with E-state index in [1.807, 2.05) is 0 Å². The molecule has 312 valence electrons. The molecule has 0 spiro atoms. The third kappa shape index (κ3) is 40.6. The molecular weight excluding hydrogens is 639 g/mol. The van der Waals surface area contributed by atoms with Gasteiger partial charge in [0.1, 0.15) is 0 Å². The summed E-state index contributed by atoms with van der Waals surface area (Å²) in [6.07, 6.45) is 55.2. The molecule has 2 atom stereocenters. The third-order valence-corrected chi connectivity index (χ3v) is 11.6. The van der Waals surface area contributed by atoms with Gasteiger partial charge in [-0.2, -0.15) is 0 Å². The summed E-state index contributed by atoms with van der Waals surface area (Å²) < 4.78 is 0. The number of unbranched alkanes of at least 4 members (excludes halogenated alkanes) is 38. The molecule has 0 aromatic rings. The Labute approximate surface area is 327 Å². The molecule has 0 fully saturated rings. The molecule has 0 aliphatic heterocycles. The summed E-state index contributed by atoms with van der Waals surface area (Å²) >= 11 is 0. The molecule has 0 bridgehead atoms. The van der Waals surface area contributed by atoms with Gasteiger partial charge in [-0.3, -0.25) is 4.79 Å². The zero-order valence-electron chi connectivity index (χ0n) is 35.9. The van der Waals surface area contributed by atoms with Crippen molar-refractivity contribution >= 4 is 5.91 Å². The molecule has 0 aliphatic carbocycles. The van der Waals surface area contributed by atoms with Gasteiger partial charge in [0.15, 0.2) is 0 Å². The molecular formula is C48H97NO3. The molecule has 0 saturated heterocycles. The Hall–Kier alpha value is -0.610. The maximum atomic E-state index is 12.4. The molecule has 0 aliphatic rings. The van der Waals surface area contributed by atoms with Crippen LogP contribution in [0.5, 0.6) is 0 Å². The summed E-state index contributed by atoms with van der Waals surface area (Å²) in [4.78, 5) is 12.4. The zero-order chi connectivity index (χ0) is 37.8. The molecule has 4 heteroatoms. The van der Waals surface area contributed by atoms with Crippen molar-refractivity contribution in [1.82, 2.24) is 5.32 Å². The number of aliphatic hydroxyl groups is 2. The van der Waals surface area contributed by atoms with Gasteiger partial charge in [0.2, 0.25) is 5.91 Å². The van der Waals surface area contributed by atoms with Crippen LogP contribution in [0, 0.1) is 0 Å². The fourth-order valence-electron chi connectivity index (χ4n) is 7.89. The van der Waals surface area contributed by atoms with Crippen molar-refractivity contribution in [1.29, 1.82) is 0 Å². The predicted octanol–water partition coefficient (Wildman–Crippen LogP) is 15.2. The molecule has 0 heterocycles. The number of carbonyl (C=O) groups is 1. The number of rotatable bonds is 45. The normalized spacial score (nSPS) is 12.8. The van der Waals surface area contributed by atoms with E-state index in [-0.39, 0.29) is 12.5 Å². The van der Waals surface area contributed by atoms with Crippen LogP contribution in [0.1, 0.15) is 284 Å². The van der Waals surface area contributed by atoms with E-state index in [9.17, 15) is 15.0 Å².